The first-order valence-corrected chi connectivity index (χ1v) is 6.81. The Morgan fingerprint density at radius 1 is 1.35 bits per heavy atom. The Labute approximate surface area is 128 Å². The molecule has 2 aromatic rings. The predicted octanol–water partition coefficient (Wildman–Crippen LogP) is 3.74. The topological polar surface area (TPSA) is 46.4 Å². The molecule has 0 spiro atoms. The Bertz CT molecular complexity index is 613. The summed E-state index contributed by atoms with van der Waals surface area (Å²) in [6, 6.07) is 9.11. The highest BCUT2D eigenvalue weighted by molar-refractivity contribution is 7.80. The third kappa shape index (κ3) is 3.88. The van der Waals surface area contributed by atoms with E-state index in [0.29, 0.717) is 28.1 Å². The number of rotatable bonds is 4. The fourth-order valence-corrected chi connectivity index (χ4v) is 2.05. The van der Waals surface area contributed by atoms with Crippen molar-refractivity contribution >= 4 is 34.6 Å². The van der Waals surface area contributed by atoms with E-state index in [1.807, 2.05) is 19.1 Å². The number of aryl methyl sites for hydroxylation is 1. The summed E-state index contributed by atoms with van der Waals surface area (Å²) in [5.41, 5.74) is 0.716. The monoisotopic (exact) mass is 310 g/mol. The molecule has 0 atom stereocenters. The Balaban J connectivity index is 1.96. The Kier molecular flexibility index (Phi) is 4.87. The summed E-state index contributed by atoms with van der Waals surface area (Å²) < 4.78 is 10.7. The lowest BCUT2D eigenvalue weighted by molar-refractivity contribution is 0.417. The molecule has 1 aromatic heterocycles. The van der Waals surface area contributed by atoms with Crippen LogP contribution in [0.25, 0.3) is 0 Å². The van der Waals surface area contributed by atoms with Crippen molar-refractivity contribution in [3.63, 3.8) is 0 Å². The number of nitrogens with one attached hydrogen (secondary N) is 2. The van der Waals surface area contributed by atoms with Crippen molar-refractivity contribution < 1.29 is 9.15 Å². The van der Waals surface area contributed by atoms with Crippen molar-refractivity contribution in [2.45, 2.75) is 13.5 Å². The summed E-state index contributed by atoms with van der Waals surface area (Å²) in [5, 5.41) is 7.19. The third-order valence-electron chi connectivity index (χ3n) is 2.63. The summed E-state index contributed by atoms with van der Waals surface area (Å²) in [6.07, 6.45) is 0. The number of benzene rings is 1. The van der Waals surface area contributed by atoms with E-state index in [4.69, 9.17) is 33.0 Å². The van der Waals surface area contributed by atoms with E-state index in [-0.39, 0.29) is 0 Å². The smallest absolute Gasteiger partial charge is 0.171 e. The zero-order valence-electron chi connectivity index (χ0n) is 11.2. The standard InChI is InChI=1S/C14H15ClN2O2S/c1-9-3-5-11(19-9)8-16-14(20)17-12-7-10(15)4-6-13(12)18-2/h3-7H,8H2,1-2H3,(H2,16,17,20). The highest BCUT2D eigenvalue weighted by atomic mass is 35.5. The quantitative estimate of drug-likeness (QED) is 0.842. The molecular weight excluding hydrogens is 296 g/mol. The molecule has 0 bridgehead atoms. The van der Waals surface area contributed by atoms with Crippen molar-refractivity contribution in [1.82, 2.24) is 5.32 Å². The van der Waals surface area contributed by atoms with E-state index in [9.17, 15) is 0 Å². The SMILES string of the molecule is COc1ccc(Cl)cc1NC(=S)NCc1ccc(C)o1. The van der Waals surface area contributed by atoms with Gasteiger partial charge in [-0.1, -0.05) is 11.6 Å². The summed E-state index contributed by atoms with van der Waals surface area (Å²) in [6.45, 7) is 2.42. The van der Waals surface area contributed by atoms with Crippen LogP contribution in [0.1, 0.15) is 11.5 Å². The Morgan fingerprint density at radius 3 is 2.80 bits per heavy atom. The van der Waals surface area contributed by atoms with Crippen LogP contribution in [0.3, 0.4) is 0 Å². The average Bonchev–Trinajstić information content (AvgIpc) is 2.83. The summed E-state index contributed by atoms with van der Waals surface area (Å²) in [7, 11) is 1.59. The van der Waals surface area contributed by atoms with Crippen molar-refractivity contribution in [2.75, 3.05) is 12.4 Å². The number of anilines is 1. The molecule has 0 fully saturated rings. The molecule has 106 valence electrons. The van der Waals surface area contributed by atoms with Crippen LogP contribution in [0.4, 0.5) is 5.69 Å². The largest absolute Gasteiger partial charge is 0.495 e. The Hall–Kier alpha value is -1.72. The summed E-state index contributed by atoms with van der Waals surface area (Å²) >= 11 is 11.2. The first kappa shape index (κ1) is 14.7. The minimum atomic E-state index is 0.472. The fraction of sp³-hybridized carbons (Fsp3) is 0.214. The lowest BCUT2D eigenvalue weighted by atomic mass is 10.3. The summed E-state index contributed by atoms with van der Waals surface area (Å²) in [5.74, 6) is 2.37. The highest BCUT2D eigenvalue weighted by Gasteiger charge is 2.06. The van der Waals surface area contributed by atoms with Crippen molar-refractivity contribution in [2.24, 2.45) is 0 Å². The number of ether oxygens (including phenoxy) is 1. The molecule has 0 aliphatic heterocycles. The van der Waals surface area contributed by atoms with Gasteiger partial charge < -0.3 is 19.8 Å². The van der Waals surface area contributed by atoms with Gasteiger partial charge in [0.1, 0.15) is 17.3 Å². The molecule has 20 heavy (non-hydrogen) atoms. The van der Waals surface area contributed by atoms with Crippen LogP contribution < -0.4 is 15.4 Å². The van der Waals surface area contributed by atoms with Crippen LogP contribution in [-0.2, 0) is 6.54 Å². The van der Waals surface area contributed by atoms with E-state index in [0.717, 1.165) is 11.5 Å². The molecule has 2 N–H and O–H groups in total. The molecule has 6 heteroatoms. The van der Waals surface area contributed by atoms with E-state index in [2.05, 4.69) is 10.6 Å². The van der Waals surface area contributed by atoms with Crippen LogP contribution >= 0.6 is 23.8 Å². The first-order chi connectivity index (χ1) is 9.58. The van der Waals surface area contributed by atoms with Gasteiger partial charge in [-0.15, -0.1) is 0 Å². The van der Waals surface area contributed by atoms with Crippen molar-refractivity contribution in [3.05, 3.63) is 46.9 Å². The fourth-order valence-electron chi connectivity index (χ4n) is 1.69. The molecule has 0 amide bonds. The number of halogens is 1. The molecule has 1 aromatic carbocycles. The van der Waals surface area contributed by atoms with E-state index < -0.39 is 0 Å². The second-order valence-corrected chi connectivity index (χ2v) is 5.01. The molecule has 2 rings (SSSR count). The second-order valence-electron chi connectivity index (χ2n) is 4.16. The number of methoxy groups -OCH3 is 1. The molecule has 1 heterocycles. The van der Waals surface area contributed by atoms with Crippen LogP contribution in [0, 0.1) is 6.92 Å². The number of furan rings is 1. The molecule has 0 aliphatic carbocycles. The zero-order valence-corrected chi connectivity index (χ0v) is 12.8. The van der Waals surface area contributed by atoms with Gasteiger partial charge in [-0.25, -0.2) is 0 Å². The average molecular weight is 311 g/mol. The minimum Gasteiger partial charge on any atom is -0.495 e. The van der Waals surface area contributed by atoms with Crippen LogP contribution in [0.5, 0.6) is 5.75 Å². The highest BCUT2D eigenvalue weighted by Crippen LogP contribution is 2.27. The normalized spacial score (nSPS) is 10.2. The van der Waals surface area contributed by atoms with Gasteiger partial charge in [-0.2, -0.15) is 0 Å². The van der Waals surface area contributed by atoms with E-state index in [1.54, 1.807) is 25.3 Å². The van der Waals surface area contributed by atoms with E-state index >= 15 is 0 Å². The van der Waals surface area contributed by atoms with E-state index in [1.165, 1.54) is 0 Å². The van der Waals surface area contributed by atoms with Crippen molar-refractivity contribution in [1.29, 1.82) is 0 Å². The molecule has 0 saturated heterocycles. The van der Waals surface area contributed by atoms with Gasteiger partial charge >= 0.3 is 0 Å². The minimum absolute atomic E-state index is 0.472. The first-order valence-electron chi connectivity index (χ1n) is 6.02. The number of hydrogen-bond acceptors (Lipinski definition) is 3. The Morgan fingerprint density at radius 2 is 2.15 bits per heavy atom. The molecule has 0 radical (unpaired) electrons. The van der Waals surface area contributed by atoms with Gasteiger partial charge in [0, 0.05) is 5.02 Å². The second kappa shape index (κ2) is 6.63. The maximum absolute atomic E-state index is 5.96. The lowest BCUT2D eigenvalue weighted by Crippen LogP contribution is -2.27. The molecule has 0 unspecified atom stereocenters. The molecule has 0 saturated carbocycles. The van der Waals surface area contributed by atoms with Gasteiger partial charge in [0.05, 0.1) is 19.3 Å². The van der Waals surface area contributed by atoms with Gasteiger partial charge in [-0.05, 0) is 49.5 Å². The zero-order chi connectivity index (χ0) is 14.5. The van der Waals surface area contributed by atoms with Gasteiger partial charge in [0.15, 0.2) is 5.11 Å². The van der Waals surface area contributed by atoms with Crippen molar-refractivity contribution in [3.8, 4) is 5.75 Å². The molecular formula is C14H15ClN2O2S. The van der Waals surface area contributed by atoms with Gasteiger partial charge in [-0.3, -0.25) is 0 Å². The van der Waals surface area contributed by atoms with Crippen LogP contribution in [-0.4, -0.2) is 12.2 Å². The third-order valence-corrected chi connectivity index (χ3v) is 3.11. The number of thiocarbonyl (C=S) groups is 1. The molecule has 0 aliphatic rings. The van der Waals surface area contributed by atoms with Crippen LogP contribution in [0.15, 0.2) is 34.7 Å². The maximum Gasteiger partial charge on any atom is 0.171 e. The lowest BCUT2D eigenvalue weighted by Gasteiger charge is -2.13. The van der Waals surface area contributed by atoms with Gasteiger partial charge in [0.25, 0.3) is 0 Å². The summed E-state index contributed by atoms with van der Waals surface area (Å²) in [4.78, 5) is 0. The van der Waals surface area contributed by atoms with Crippen LogP contribution in [0.2, 0.25) is 5.02 Å². The maximum atomic E-state index is 5.96. The predicted molar refractivity (Wildman–Crippen MR) is 84.5 cm³/mol. The molecule has 4 nitrogen and oxygen atoms in total. The van der Waals surface area contributed by atoms with Gasteiger partial charge in [0.2, 0.25) is 0 Å². The number of hydrogen-bond donors (Lipinski definition) is 2.